The molecule has 0 radical (unpaired) electrons. The van der Waals surface area contributed by atoms with E-state index in [0.717, 1.165) is 25.6 Å². The third-order valence-electron chi connectivity index (χ3n) is 2.15. The molecule has 0 spiro atoms. The summed E-state index contributed by atoms with van der Waals surface area (Å²) in [4.78, 5) is 7.72. The summed E-state index contributed by atoms with van der Waals surface area (Å²) in [7, 11) is 1.69. The van der Waals surface area contributed by atoms with Crippen molar-refractivity contribution >= 4 is 11.8 Å². The molecule has 0 aromatic carbocycles. The Bertz CT molecular complexity index is 335. The van der Waals surface area contributed by atoms with Crippen molar-refractivity contribution in [3.05, 3.63) is 12.0 Å². The van der Waals surface area contributed by atoms with E-state index in [1.54, 1.807) is 7.05 Å². The van der Waals surface area contributed by atoms with Gasteiger partial charge in [-0.3, -0.25) is 0 Å². The first kappa shape index (κ1) is 13.6. The van der Waals surface area contributed by atoms with E-state index in [-0.39, 0.29) is 5.82 Å². The minimum absolute atomic E-state index is 0.198. The summed E-state index contributed by atoms with van der Waals surface area (Å²) in [5, 5.41) is 5.63. The molecule has 96 valence electrons. The van der Waals surface area contributed by atoms with Gasteiger partial charge in [0, 0.05) is 20.2 Å². The molecule has 0 atom stereocenters. The van der Waals surface area contributed by atoms with Crippen LogP contribution in [0.25, 0.3) is 0 Å². The summed E-state index contributed by atoms with van der Waals surface area (Å²) < 4.78 is 18.6. The summed E-state index contributed by atoms with van der Waals surface area (Å²) in [5.74, 6) is 0.127. The quantitative estimate of drug-likeness (QED) is 0.682. The monoisotopic (exact) mass is 242 g/mol. The van der Waals surface area contributed by atoms with Crippen LogP contribution in [-0.2, 0) is 4.74 Å². The predicted octanol–water partition coefficient (Wildman–Crippen LogP) is 1.89. The number of nitrogens with one attached hydrogen (secondary N) is 2. The molecule has 2 N–H and O–H groups in total. The van der Waals surface area contributed by atoms with Crippen LogP contribution < -0.4 is 10.6 Å². The molecule has 17 heavy (non-hydrogen) atoms. The fraction of sp³-hybridized carbons (Fsp3) is 0.636. The van der Waals surface area contributed by atoms with Gasteiger partial charge in [-0.1, -0.05) is 13.3 Å². The molecular weight excluding hydrogens is 223 g/mol. The van der Waals surface area contributed by atoms with Crippen LogP contribution in [0.5, 0.6) is 0 Å². The number of halogens is 1. The maximum atomic E-state index is 13.3. The molecule has 5 nitrogen and oxygen atoms in total. The highest BCUT2D eigenvalue weighted by Gasteiger charge is 2.04. The molecule has 0 aliphatic carbocycles. The Morgan fingerprint density at radius 3 is 2.94 bits per heavy atom. The molecule has 6 heteroatoms. The number of nitrogens with zero attached hydrogens (tertiary/aromatic N) is 2. The van der Waals surface area contributed by atoms with Crippen LogP contribution in [0.3, 0.4) is 0 Å². The Labute approximate surface area is 101 Å². The lowest BCUT2D eigenvalue weighted by Crippen LogP contribution is -2.13. The van der Waals surface area contributed by atoms with Gasteiger partial charge in [0.05, 0.1) is 12.8 Å². The Hall–Kier alpha value is -1.43. The third kappa shape index (κ3) is 4.95. The average Bonchev–Trinajstić information content (AvgIpc) is 2.35. The lowest BCUT2D eigenvalue weighted by atomic mass is 10.4. The van der Waals surface area contributed by atoms with Crippen LogP contribution in [0.2, 0.25) is 0 Å². The van der Waals surface area contributed by atoms with Gasteiger partial charge in [-0.25, -0.2) is 9.37 Å². The minimum atomic E-state index is -0.461. The van der Waals surface area contributed by atoms with Crippen molar-refractivity contribution < 1.29 is 9.13 Å². The zero-order chi connectivity index (χ0) is 12.5. The Balaban J connectivity index is 2.30. The summed E-state index contributed by atoms with van der Waals surface area (Å²) in [6.45, 7) is 3.92. The van der Waals surface area contributed by atoms with Gasteiger partial charge >= 0.3 is 0 Å². The van der Waals surface area contributed by atoms with Gasteiger partial charge in [0.25, 0.3) is 0 Å². The van der Waals surface area contributed by atoms with E-state index in [1.165, 1.54) is 0 Å². The van der Waals surface area contributed by atoms with Crippen molar-refractivity contribution in [2.75, 3.05) is 37.4 Å². The Kier molecular flexibility index (Phi) is 6.24. The molecule has 0 fully saturated rings. The van der Waals surface area contributed by atoms with E-state index in [9.17, 15) is 4.39 Å². The molecule has 0 aliphatic rings. The number of unbranched alkanes of at least 4 members (excludes halogenated alkanes) is 1. The molecule has 1 aromatic rings. The molecule has 0 saturated carbocycles. The van der Waals surface area contributed by atoms with Gasteiger partial charge in [-0.15, -0.1) is 0 Å². The van der Waals surface area contributed by atoms with Crippen molar-refractivity contribution in [2.24, 2.45) is 0 Å². The van der Waals surface area contributed by atoms with Gasteiger partial charge in [0.15, 0.2) is 11.6 Å². The largest absolute Gasteiger partial charge is 0.380 e. The highest BCUT2D eigenvalue weighted by Crippen LogP contribution is 2.10. The third-order valence-corrected chi connectivity index (χ3v) is 2.15. The fourth-order valence-electron chi connectivity index (χ4n) is 1.20. The van der Waals surface area contributed by atoms with Crippen molar-refractivity contribution in [2.45, 2.75) is 19.8 Å². The Morgan fingerprint density at radius 2 is 2.24 bits per heavy atom. The SMILES string of the molecule is CCCCOCCNc1nc(NC)ncc1F. The van der Waals surface area contributed by atoms with E-state index < -0.39 is 5.82 Å². The summed E-state index contributed by atoms with van der Waals surface area (Å²) in [6, 6.07) is 0. The van der Waals surface area contributed by atoms with Crippen LogP contribution in [0.4, 0.5) is 16.2 Å². The fourth-order valence-corrected chi connectivity index (χ4v) is 1.20. The van der Waals surface area contributed by atoms with Crippen molar-refractivity contribution in [1.82, 2.24) is 9.97 Å². The van der Waals surface area contributed by atoms with E-state index in [1.807, 2.05) is 0 Å². The first-order valence-electron chi connectivity index (χ1n) is 5.79. The number of aromatic nitrogens is 2. The molecule has 0 saturated heterocycles. The highest BCUT2D eigenvalue weighted by molar-refractivity contribution is 5.40. The highest BCUT2D eigenvalue weighted by atomic mass is 19.1. The maximum absolute atomic E-state index is 13.3. The average molecular weight is 242 g/mol. The van der Waals surface area contributed by atoms with E-state index >= 15 is 0 Å². The first-order chi connectivity index (χ1) is 8.27. The molecular formula is C11H19FN4O. The number of hydrogen-bond acceptors (Lipinski definition) is 5. The number of ether oxygens (including phenoxy) is 1. The van der Waals surface area contributed by atoms with Crippen molar-refractivity contribution in [1.29, 1.82) is 0 Å². The number of hydrogen-bond donors (Lipinski definition) is 2. The van der Waals surface area contributed by atoms with Crippen molar-refractivity contribution in [3.8, 4) is 0 Å². The molecule has 0 bridgehead atoms. The second kappa shape index (κ2) is 7.78. The standard InChI is InChI=1S/C11H19FN4O/c1-3-4-6-17-7-5-14-10-9(12)8-15-11(13-2)16-10/h8H,3-7H2,1-2H3,(H2,13,14,15,16). The molecule has 0 aliphatic heterocycles. The summed E-state index contributed by atoms with van der Waals surface area (Å²) in [5.41, 5.74) is 0. The minimum Gasteiger partial charge on any atom is -0.380 e. The normalized spacial score (nSPS) is 10.3. The number of anilines is 2. The summed E-state index contributed by atoms with van der Waals surface area (Å²) in [6.07, 6.45) is 3.30. The van der Waals surface area contributed by atoms with Gasteiger partial charge in [-0.05, 0) is 6.42 Å². The summed E-state index contributed by atoms with van der Waals surface area (Å²) >= 11 is 0. The van der Waals surface area contributed by atoms with E-state index in [2.05, 4.69) is 27.5 Å². The second-order valence-electron chi connectivity index (χ2n) is 3.53. The van der Waals surface area contributed by atoms with Crippen LogP contribution in [0, 0.1) is 5.82 Å². The van der Waals surface area contributed by atoms with Gasteiger partial charge in [0.1, 0.15) is 0 Å². The lowest BCUT2D eigenvalue weighted by molar-refractivity contribution is 0.141. The topological polar surface area (TPSA) is 59.1 Å². The first-order valence-corrected chi connectivity index (χ1v) is 5.79. The van der Waals surface area contributed by atoms with Crippen molar-refractivity contribution in [3.63, 3.8) is 0 Å². The van der Waals surface area contributed by atoms with Crippen LogP contribution >= 0.6 is 0 Å². The zero-order valence-corrected chi connectivity index (χ0v) is 10.3. The Morgan fingerprint density at radius 1 is 1.41 bits per heavy atom. The second-order valence-corrected chi connectivity index (χ2v) is 3.53. The van der Waals surface area contributed by atoms with Gasteiger partial charge in [-0.2, -0.15) is 4.98 Å². The zero-order valence-electron chi connectivity index (χ0n) is 10.3. The smallest absolute Gasteiger partial charge is 0.224 e. The molecule has 0 amide bonds. The maximum Gasteiger partial charge on any atom is 0.224 e. The van der Waals surface area contributed by atoms with Gasteiger partial charge < -0.3 is 15.4 Å². The van der Waals surface area contributed by atoms with E-state index in [4.69, 9.17) is 4.74 Å². The van der Waals surface area contributed by atoms with Crippen LogP contribution in [0.1, 0.15) is 19.8 Å². The predicted molar refractivity (Wildman–Crippen MR) is 65.8 cm³/mol. The molecule has 1 rings (SSSR count). The lowest BCUT2D eigenvalue weighted by Gasteiger charge is -2.08. The van der Waals surface area contributed by atoms with Crippen LogP contribution in [0.15, 0.2) is 6.20 Å². The molecule has 0 unspecified atom stereocenters. The molecule has 1 heterocycles. The van der Waals surface area contributed by atoms with Crippen LogP contribution in [-0.4, -0.2) is 36.8 Å². The molecule has 1 aromatic heterocycles. The number of rotatable bonds is 8. The van der Waals surface area contributed by atoms with E-state index in [0.29, 0.717) is 19.1 Å². The van der Waals surface area contributed by atoms with Gasteiger partial charge in [0.2, 0.25) is 5.95 Å².